The van der Waals surface area contributed by atoms with Crippen LogP contribution in [0.25, 0.3) is 0 Å². The van der Waals surface area contributed by atoms with Crippen LogP contribution >= 0.6 is 0 Å². The number of nitrogens with two attached hydrogens (primary N) is 1. The van der Waals surface area contributed by atoms with Crippen molar-refractivity contribution in [2.24, 2.45) is 11.1 Å². The quantitative estimate of drug-likeness (QED) is 0.886. The van der Waals surface area contributed by atoms with Gasteiger partial charge in [-0.2, -0.15) is 0 Å². The minimum Gasteiger partial charge on any atom is -0.340 e. The Bertz CT molecular complexity index is 446. The first-order valence-electron chi connectivity index (χ1n) is 7.07. The Morgan fingerprint density at radius 3 is 2.74 bits per heavy atom. The molecule has 1 saturated carbocycles. The maximum atomic E-state index is 12.5. The second kappa shape index (κ2) is 5.37. The van der Waals surface area contributed by atoms with Gasteiger partial charge in [0, 0.05) is 25.8 Å². The van der Waals surface area contributed by atoms with Gasteiger partial charge in [-0.05, 0) is 43.4 Å². The molecule has 0 spiro atoms. The Balaban J connectivity index is 2.09. The molecule has 1 aromatic heterocycles. The minimum atomic E-state index is -0.0434. The number of nitrogens with zero attached hydrogens (tertiary/aromatic N) is 2. The molecule has 1 aliphatic rings. The average molecular weight is 263 g/mol. The van der Waals surface area contributed by atoms with Crippen LogP contribution in [0.2, 0.25) is 0 Å². The summed E-state index contributed by atoms with van der Waals surface area (Å²) in [6.07, 6.45) is 5.67. The van der Waals surface area contributed by atoms with Gasteiger partial charge < -0.3 is 15.2 Å². The van der Waals surface area contributed by atoms with Crippen molar-refractivity contribution in [1.29, 1.82) is 0 Å². The molecule has 0 bridgehead atoms. The summed E-state index contributed by atoms with van der Waals surface area (Å²) in [6.45, 7) is 5.43. The molecule has 19 heavy (non-hydrogen) atoms. The molecule has 0 aliphatic heterocycles. The van der Waals surface area contributed by atoms with Gasteiger partial charge >= 0.3 is 0 Å². The standard InChI is InChI=1S/C15H25N3O/c1-15(2,10-16)11-17(3)14(19)13-8-5-9-18(13)12-6-4-7-12/h5,8-9,12H,4,6-7,10-11,16H2,1-3H3. The van der Waals surface area contributed by atoms with E-state index in [0.717, 1.165) is 5.69 Å². The van der Waals surface area contributed by atoms with Crippen molar-refractivity contribution in [2.75, 3.05) is 20.1 Å². The van der Waals surface area contributed by atoms with Gasteiger partial charge in [0.2, 0.25) is 0 Å². The zero-order chi connectivity index (χ0) is 14.0. The van der Waals surface area contributed by atoms with Crippen LogP contribution in [0.4, 0.5) is 0 Å². The highest BCUT2D eigenvalue weighted by molar-refractivity contribution is 5.92. The van der Waals surface area contributed by atoms with Crippen molar-refractivity contribution >= 4 is 5.91 Å². The van der Waals surface area contributed by atoms with E-state index in [1.807, 2.05) is 25.4 Å². The number of rotatable bonds is 5. The maximum Gasteiger partial charge on any atom is 0.270 e. The molecule has 1 aliphatic carbocycles. The van der Waals surface area contributed by atoms with Crippen LogP contribution in [0, 0.1) is 5.41 Å². The summed E-state index contributed by atoms with van der Waals surface area (Å²) in [5, 5.41) is 0. The molecule has 2 rings (SSSR count). The van der Waals surface area contributed by atoms with E-state index in [1.165, 1.54) is 19.3 Å². The fourth-order valence-corrected chi connectivity index (χ4v) is 2.53. The van der Waals surface area contributed by atoms with Gasteiger partial charge in [0.15, 0.2) is 0 Å². The van der Waals surface area contributed by atoms with Gasteiger partial charge in [0.05, 0.1) is 0 Å². The molecule has 106 valence electrons. The van der Waals surface area contributed by atoms with Crippen molar-refractivity contribution in [1.82, 2.24) is 9.47 Å². The van der Waals surface area contributed by atoms with E-state index in [4.69, 9.17) is 5.73 Å². The van der Waals surface area contributed by atoms with Crippen molar-refractivity contribution < 1.29 is 4.79 Å². The first-order valence-corrected chi connectivity index (χ1v) is 7.07. The molecule has 0 aromatic carbocycles. The van der Waals surface area contributed by atoms with E-state index in [-0.39, 0.29) is 11.3 Å². The fourth-order valence-electron chi connectivity index (χ4n) is 2.53. The van der Waals surface area contributed by atoms with Crippen LogP contribution in [0.3, 0.4) is 0 Å². The lowest BCUT2D eigenvalue weighted by Crippen LogP contribution is -2.40. The van der Waals surface area contributed by atoms with E-state index < -0.39 is 0 Å². The zero-order valence-corrected chi connectivity index (χ0v) is 12.2. The summed E-state index contributed by atoms with van der Waals surface area (Å²) in [5.74, 6) is 0.0958. The van der Waals surface area contributed by atoms with Gasteiger partial charge in [-0.1, -0.05) is 13.8 Å². The Hall–Kier alpha value is -1.29. The van der Waals surface area contributed by atoms with Crippen LogP contribution < -0.4 is 5.73 Å². The molecule has 0 atom stereocenters. The minimum absolute atomic E-state index is 0.0434. The molecule has 2 N–H and O–H groups in total. The third-order valence-corrected chi connectivity index (χ3v) is 4.03. The van der Waals surface area contributed by atoms with Crippen molar-refractivity contribution in [3.05, 3.63) is 24.0 Å². The molecule has 0 unspecified atom stereocenters. The Morgan fingerprint density at radius 1 is 1.53 bits per heavy atom. The monoisotopic (exact) mass is 263 g/mol. The summed E-state index contributed by atoms with van der Waals surface area (Å²) in [7, 11) is 1.86. The summed E-state index contributed by atoms with van der Waals surface area (Å²) in [6, 6.07) is 4.41. The first-order chi connectivity index (χ1) is 8.94. The highest BCUT2D eigenvalue weighted by Crippen LogP contribution is 2.33. The third-order valence-electron chi connectivity index (χ3n) is 4.03. The number of amides is 1. The van der Waals surface area contributed by atoms with E-state index >= 15 is 0 Å². The summed E-state index contributed by atoms with van der Waals surface area (Å²) < 4.78 is 2.14. The third kappa shape index (κ3) is 3.00. The van der Waals surface area contributed by atoms with Gasteiger partial charge in [-0.3, -0.25) is 4.79 Å². The number of carbonyl (C=O) groups is 1. The van der Waals surface area contributed by atoms with E-state index in [9.17, 15) is 4.79 Å². The number of carbonyl (C=O) groups excluding carboxylic acids is 1. The molecular weight excluding hydrogens is 238 g/mol. The van der Waals surface area contributed by atoms with E-state index in [2.05, 4.69) is 18.4 Å². The van der Waals surface area contributed by atoms with Crippen LogP contribution in [-0.4, -0.2) is 35.5 Å². The van der Waals surface area contributed by atoms with Gasteiger partial charge in [0.1, 0.15) is 5.69 Å². The Kier molecular flexibility index (Phi) is 3.99. The van der Waals surface area contributed by atoms with Crippen LogP contribution in [0.1, 0.15) is 49.6 Å². The Labute approximate surface area is 115 Å². The average Bonchev–Trinajstić information content (AvgIpc) is 2.74. The second-order valence-corrected chi connectivity index (χ2v) is 6.41. The molecule has 0 radical (unpaired) electrons. The summed E-state index contributed by atoms with van der Waals surface area (Å²) in [5.41, 5.74) is 6.50. The van der Waals surface area contributed by atoms with Gasteiger partial charge in [-0.25, -0.2) is 0 Å². The highest BCUT2D eigenvalue weighted by atomic mass is 16.2. The molecule has 1 heterocycles. The fraction of sp³-hybridized carbons (Fsp3) is 0.667. The number of aromatic nitrogens is 1. The smallest absolute Gasteiger partial charge is 0.270 e. The lowest BCUT2D eigenvalue weighted by molar-refractivity contribution is 0.0724. The molecular formula is C15H25N3O. The van der Waals surface area contributed by atoms with E-state index in [1.54, 1.807) is 4.90 Å². The lowest BCUT2D eigenvalue weighted by Gasteiger charge is -2.32. The largest absolute Gasteiger partial charge is 0.340 e. The molecule has 1 aromatic rings. The molecule has 4 nitrogen and oxygen atoms in total. The molecule has 1 amide bonds. The van der Waals surface area contributed by atoms with E-state index in [0.29, 0.717) is 19.1 Å². The lowest BCUT2D eigenvalue weighted by atomic mass is 9.92. The van der Waals surface area contributed by atoms with Crippen LogP contribution in [-0.2, 0) is 0 Å². The Morgan fingerprint density at radius 2 is 2.21 bits per heavy atom. The molecule has 0 saturated heterocycles. The van der Waals surface area contributed by atoms with Crippen LogP contribution in [0.5, 0.6) is 0 Å². The normalized spacial score (nSPS) is 16.2. The van der Waals surface area contributed by atoms with Crippen molar-refractivity contribution in [2.45, 2.75) is 39.2 Å². The summed E-state index contributed by atoms with van der Waals surface area (Å²) >= 11 is 0. The number of hydrogen-bond donors (Lipinski definition) is 1. The topological polar surface area (TPSA) is 51.3 Å². The predicted molar refractivity (Wildman–Crippen MR) is 77.1 cm³/mol. The highest BCUT2D eigenvalue weighted by Gasteiger charge is 2.26. The number of hydrogen-bond acceptors (Lipinski definition) is 2. The van der Waals surface area contributed by atoms with Crippen molar-refractivity contribution in [3.63, 3.8) is 0 Å². The van der Waals surface area contributed by atoms with Crippen molar-refractivity contribution in [3.8, 4) is 0 Å². The van der Waals surface area contributed by atoms with Crippen LogP contribution in [0.15, 0.2) is 18.3 Å². The van der Waals surface area contributed by atoms with Gasteiger partial charge in [0.25, 0.3) is 5.91 Å². The zero-order valence-electron chi connectivity index (χ0n) is 12.2. The summed E-state index contributed by atoms with van der Waals surface area (Å²) in [4.78, 5) is 14.3. The molecule has 4 heteroatoms. The second-order valence-electron chi connectivity index (χ2n) is 6.41. The predicted octanol–water partition coefficient (Wildman–Crippen LogP) is 2.27. The first kappa shape index (κ1) is 14.1. The molecule has 1 fully saturated rings. The maximum absolute atomic E-state index is 12.5. The SMILES string of the molecule is CN(CC(C)(C)CN)C(=O)c1cccn1C1CCC1. The van der Waals surface area contributed by atoms with Gasteiger partial charge in [-0.15, -0.1) is 0 Å².